The molecule has 0 unspecified atom stereocenters. The van der Waals surface area contributed by atoms with Crippen LogP contribution in [0.15, 0.2) is 30.6 Å². The van der Waals surface area contributed by atoms with Crippen LogP contribution in [0.25, 0.3) is 11.3 Å². The van der Waals surface area contributed by atoms with Gasteiger partial charge in [0.1, 0.15) is 5.69 Å². The van der Waals surface area contributed by atoms with Gasteiger partial charge in [0.2, 0.25) is 5.91 Å². The molecule has 7 nitrogen and oxygen atoms in total. The lowest BCUT2D eigenvalue weighted by molar-refractivity contribution is -0.135. The lowest BCUT2D eigenvalue weighted by Gasteiger charge is -2.32. The summed E-state index contributed by atoms with van der Waals surface area (Å²) < 4.78 is 0. The Morgan fingerprint density at radius 1 is 1.27 bits per heavy atom. The maximum Gasteiger partial charge on any atom is 0.271 e. The van der Waals surface area contributed by atoms with E-state index in [-0.39, 0.29) is 17.7 Å². The van der Waals surface area contributed by atoms with Gasteiger partial charge in [0.05, 0.1) is 5.69 Å². The summed E-state index contributed by atoms with van der Waals surface area (Å²) in [5, 5.41) is 7.06. The predicted molar refractivity (Wildman–Crippen MR) is 98.4 cm³/mol. The number of piperidine rings is 1. The summed E-state index contributed by atoms with van der Waals surface area (Å²) in [5.74, 6) is 0.149. The minimum Gasteiger partial charge on any atom is -0.346 e. The summed E-state index contributed by atoms with van der Waals surface area (Å²) in [5.41, 5.74) is 2.12. The third-order valence-corrected chi connectivity index (χ3v) is 4.85. The Hall–Kier alpha value is -2.70. The molecule has 0 aromatic carbocycles. The topological polar surface area (TPSA) is 82.2 Å². The summed E-state index contributed by atoms with van der Waals surface area (Å²) in [6.45, 7) is 4.04. The van der Waals surface area contributed by atoms with E-state index in [0.29, 0.717) is 31.6 Å². The second-order valence-electron chi connectivity index (χ2n) is 6.73. The molecule has 0 atom stereocenters. The average Bonchev–Trinajstić information content (AvgIpc) is 3.18. The van der Waals surface area contributed by atoms with Gasteiger partial charge in [0.15, 0.2) is 0 Å². The average molecular weight is 355 g/mol. The van der Waals surface area contributed by atoms with Gasteiger partial charge in [-0.2, -0.15) is 5.10 Å². The summed E-state index contributed by atoms with van der Waals surface area (Å²) in [6, 6.07) is 5.48. The summed E-state index contributed by atoms with van der Waals surface area (Å²) >= 11 is 0. The largest absolute Gasteiger partial charge is 0.346 e. The van der Waals surface area contributed by atoms with E-state index in [1.807, 2.05) is 19.2 Å². The molecule has 26 heavy (non-hydrogen) atoms. The van der Waals surface area contributed by atoms with Crippen LogP contribution in [0, 0.1) is 5.92 Å². The number of carbonyl (C=O) groups excluding carboxylic acids is 2. The lowest BCUT2D eigenvalue weighted by Crippen LogP contribution is -2.43. The molecule has 0 radical (unpaired) electrons. The van der Waals surface area contributed by atoms with Crippen molar-refractivity contribution in [2.75, 3.05) is 26.7 Å². The third kappa shape index (κ3) is 3.92. The van der Waals surface area contributed by atoms with Gasteiger partial charge in [-0.3, -0.25) is 19.7 Å². The normalized spacial score (nSPS) is 15.1. The van der Waals surface area contributed by atoms with Crippen molar-refractivity contribution in [2.45, 2.75) is 26.2 Å². The summed E-state index contributed by atoms with van der Waals surface area (Å²) in [7, 11) is 1.86. The first kappa shape index (κ1) is 18.1. The Bertz CT molecular complexity index is 750. The molecule has 0 bridgehead atoms. The van der Waals surface area contributed by atoms with Crippen molar-refractivity contribution in [1.29, 1.82) is 0 Å². The van der Waals surface area contributed by atoms with Crippen LogP contribution in [0.2, 0.25) is 0 Å². The van der Waals surface area contributed by atoms with Crippen LogP contribution >= 0.6 is 0 Å². The van der Waals surface area contributed by atoms with Gasteiger partial charge in [-0.05, 0) is 37.5 Å². The molecule has 2 amide bonds. The zero-order valence-electron chi connectivity index (χ0n) is 15.3. The monoisotopic (exact) mass is 355 g/mol. The lowest BCUT2D eigenvalue weighted by atomic mass is 9.95. The van der Waals surface area contributed by atoms with Gasteiger partial charge in [-0.15, -0.1) is 0 Å². The van der Waals surface area contributed by atoms with Crippen molar-refractivity contribution in [3.63, 3.8) is 0 Å². The highest BCUT2D eigenvalue weighted by molar-refractivity contribution is 5.93. The number of amides is 2. The zero-order valence-corrected chi connectivity index (χ0v) is 15.3. The van der Waals surface area contributed by atoms with Crippen LogP contribution in [-0.2, 0) is 4.79 Å². The minimum atomic E-state index is -0.0642. The van der Waals surface area contributed by atoms with Crippen molar-refractivity contribution in [1.82, 2.24) is 25.0 Å². The molecule has 7 heteroatoms. The Kier molecular flexibility index (Phi) is 5.65. The van der Waals surface area contributed by atoms with E-state index >= 15 is 0 Å². The molecular weight excluding hydrogens is 330 g/mol. The van der Waals surface area contributed by atoms with Crippen LogP contribution in [-0.4, -0.2) is 63.5 Å². The highest BCUT2D eigenvalue weighted by Gasteiger charge is 2.29. The molecule has 1 aliphatic rings. The van der Waals surface area contributed by atoms with E-state index < -0.39 is 0 Å². The minimum absolute atomic E-state index is 0.0183. The molecule has 0 spiro atoms. The Morgan fingerprint density at radius 3 is 2.62 bits per heavy atom. The molecule has 1 N–H and O–H groups in total. The smallest absolute Gasteiger partial charge is 0.271 e. The van der Waals surface area contributed by atoms with Gasteiger partial charge in [0.25, 0.3) is 5.91 Å². The van der Waals surface area contributed by atoms with E-state index in [9.17, 15) is 9.59 Å². The van der Waals surface area contributed by atoms with Gasteiger partial charge in [-0.25, -0.2) is 0 Å². The first-order chi connectivity index (χ1) is 12.6. The predicted octanol–water partition coefficient (Wildman–Crippen LogP) is 2.19. The number of H-pyrrole nitrogens is 1. The number of likely N-dealkylation sites (tertiary alicyclic amines) is 1. The molecule has 1 saturated heterocycles. The van der Waals surface area contributed by atoms with Gasteiger partial charge in [-0.1, -0.05) is 6.92 Å². The molecule has 2 aromatic rings. The zero-order chi connectivity index (χ0) is 18.5. The van der Waals surface area contributed by atoms with Gasteiger partial charge < -0.3 is 9.80 Å². The molecule has 138 valence electrons. The molecule has 1 fully saturated rings. The fourth-order valence-electron chi connectivity index (χ4n) is 3.36. The van der Waals surface area contributed by atoms with Crippen LogP contribution in [0.4, 0.5) is 0 Å². The van der Waals surface area contributed by atoms with E-state index in [1.165, 1.54) is 0 Å². The highest BCUT2D eigenvalue weighted by Crippen LogP contribution is 2.22. The maximum absolute atomic E-state index is 12.7. The molecule has 3 heterocycles. The van der Waals surface area contributed by atoms with Crippen molar-refractivity contribution in [2.24, 2.45) is 5.92 Å². The van der Waals surface area contributed by atoms with Crippen LogP contribution in [0.5, 0.6) is 0 Å². The third-order valence-electron chi connectivity index (χ3n) is 4.85. The molecule has 1 aliphatic heterocycles. The molecular formula is C19H25N5O2. The molecule has 0 aliphatic carbocycles. The van der Waals surface area contributed by atoms with Crippen LogP contribution < -0.4 is 0 Å². The SMILES string of the molecule is CCCN(C)C(=O)C1CCN(C(=O)c2cc(-c3ccncc3)n[nH]2)CC1. The fraction of sp³-hybridized carbons (Fsp3) is 0.474. The highest BCUT2D eigenvalue weighted by atomic mass is 16.2. The Morgan fingerprint density at radius 2 is 1.96 bits per heavy atom. The van der Waals surface area contributed by atoms with E-state index in [0.717, 1.165) is 24.2 Å². The van der Waals surface area contributed by atoms with E-state index in [2.05, 4.69) is 22.1 Å². The van der Waals surface area contributed by atoms with Crippen LogP contribution in [0.3, 0.4) is 0 Å². The van der Waals surface area contributed by atoms with Gasteiger partial charge in [0, 0.05) is 50.6 Å². The fourth-order valence-corrected chi connectivity index (χ4v) is 3.36. The van der Waals surface area contributed by atoms with E-state index in [1.54, 1.807) is 28.3 Å². The number of aromatic amines is 1. The van der Waals surface area contributed by atoms with Crippen molar-refractivity contribution < 1.29 is 9.59 Å². The quantitative estimate of drug-likeness (QED) is 0.891. The second kappa shape index (κ2) is 8.12. The van der Waals surface area contributed by atoms with Gasteiger partial charge >= 0.3 is 0 Å². The molecule has 2 aromatic heterocycles. The number of carbonyl (C=O) groups is 2. The summed E-state index contributed by atoms with van der Waals surface area (Å²) in [6.07, 6.45) is 5.78. The second-order valence-corrected chi connectivity index (χ2v) is 6.73. The standard InChI is InChI=1S/C19H25N5O2/c1-3-10-23(2)18(25)15-6-11-24(12-7-15)19(26)17-13-16(21-22-17)14-4-8-20-9-5-14/h4-5,8-9,13,15H,3,6-7,10-12H2,1-2H3,(H,21,22). The summed E-state index contributed by atoms with van der Waals surface area (Å²) in [4.78, 5) is 32.7. The molecule has 0 saturated carbocycles. The van der Waals surface area contributed by atoms with E-state index in [4.69, 9.17) is 0 Å². The number of hydrogen-bond acceptors (Lipinski definition) is 4. The van der Waals surface area contributed by atoms with Crippen LogP contribution in [0.1, 0.15) is 36.7 Å². The van der Waals surface area contributed by atoms with Crippen molar-refractivity contribution >= 4 is 11.8 Å². The number of rotatable bonds is 5. The number of hydrogen-bond donors (Lipinski definition) is 1. The first-order valence-corrected chi connectivity index (χ1v) is 9.10. The van der Waals surface area contributed by atoms with Crippen molar-refractivity contribution in [3.8, 4) is 11.3 Å². The number of nitrogens with zero attached hydrogens (tertiary/aromatic N) is 4. The molecule has 3 rings (SSSR count). The Balaban J connectivity index is 1.59. The number of aromatic nitrogens is 3. The first-order valence-electron chi connectivity index (χ1n) is 9.10. The number of nitrogens with one attached hydrogen (secondary N) is 1. The van der Waals surface area contributed by atoms with Crippen molar-refractivity contribution in [3.05, 3.63) is 36.3 Å². The number of pyridine rings is 1. The maximum atomic E-state index is 12.7. The Labute approximate surface area is 153 Å².